The van der Waals surface area contributed by atoms with Gasteiger partial charge in [0.2, 0.25) is 0 Å². The van der Waals surface area contributed by atoms with E-state index in [2.05, 4.69) is 10.6 Å². The molecule has 37 heavy (non-hydrogen) atoms. The van der Waals surface area contributed by atoms with Crippen LogP contribution < -0.4 is 24.8 Å². The summed E-state index contributed by atoms with van der Waals surface area (Å²) in [7, 11) is 1.64. The van der Waals surface area contributed by atoms with E-state index in [1.165, 1.54) is 6.92 Å². The molecule has 1 aliphatic carbocycles. The molecule has 1 aliphatic heterocycles. The van der Waals surface area contributed by atoms with Crippen LogP contribution in [0, 0.1) is 0 Å². The van der Waals surface area contributed by atoms with E-state index in [0.717, 1.165) is 33.9 Å². The normalized spacial score (nSPS) is 18.5. The lowest BCUT2D eigenvalue weighted by Gasteiger charge is -2.30. The van der Waals surface area contributed by atoms with Crippen LogP contribution in [-0.4, -0.2) is 25.5 Å². The first-order chi connectivity index (χ1) is 18.0. The standard InChI is InChI=1S/C30H30N2O5/c1-4-36-28-17-20(11-14-27(28)37-18(2)33)30-29-25(31-23-7-5-6-8-24(23)32-30)15-21(16-26(29)34)19-9-12-22(35-3)13-10-19/h5-14,17,21,30-32H,4,15-16H2,1-3H3/t21-,30+/m1/s1. The van der Waals surface area contributed by atoms with Gasteiger partial charge in [-0.2, -0.15) is 0 Å². The van der Waals surface area contributed by atoms with E-state index in [4.69, 9.17) is 14.2 Å². The van der Waals surface area contributed by atoms with E-state index in [0.29, 0.717) is 36.5 Å². The van der Waals surface area contributed by atoms with Gasteiger partial charge in [0.15, 0.2) is 17.3 Å². The van der Waals surface area contributed by atoms with Crippen LogP contribution in [0.2, 0.25) is 0 Å². The van der Waals surface area contributed by atoms with Gasteiger partial charge in [-0.25, -0.2) is 0 Å². The summed E-state index contributed by atoms with van der Waals surface area (Å²) in [6.45, 7) is 3.64. The first-order valence-corrected chi connectivity index (χ1v) is 12.4. The van der Waals surface area contributed by atoms with Crippen LogP contribution in [0.3, 0.4) is 0 Å². The first-order valence-electron chi connectivity index (χ1n) is 12.4. The van der Waals surface area contributed by atoms with Crippen LogP contribution in [0.25, 0.3) is 0 Å². The van der Waals surface area contributed by atoms with E-state index in [1.807, 2.05) is 67.6 Å². The molecule has 0 radical (unpaired) electrons. The topological polar surface area (TPSA) is 85.9 Å². The molecule has 2 aliphatic rings. The van der Waals surface area contributed by atoms with Gasteiger partial charge in [0.1, 0.15) is 5.75 Å². The van der Waals surface area contributed by atoms with Crippen LogP contribution in [0.4, 0.5) is 11.4 Å². The molecule has 5 rings (SSSR count). The minimum Gasteiger partial charge on any atom is -0.497 e. The van der Waals surface area contributed by atoms with Gasteiger partial charge in [-0.05, 0) is 66.8 Å². The van der Waals surface area contributed by atoms with Crippen LogP contribution in [-0.2, 0) is 9.59 Å². The second-order valence-electron chi connectivity index (χ2n) is 9.17. The molecule has 0 aromatic heterocycles. The summed E-state index contributed by atoms with van der Waals surface area (Å²) in [5.74, 6) is 1.33. The average molecular weight is 499 g/mol. The number of methoxy groups -OCH3 is 1. The Hall–Kier alpha value is -4.26. The molecule has 3 aromatic carbocycles. The molecular weight excluding hydrogens is 468 g/mol. The SMILES string of the molecule is CCOc1cc([C@@H]2Nc3ccccc3NC3=C2C(=O)C[C@H](c2ccc(OC)cc2)C3)ccc1OC(C)=O. The third kappa shape index (κ3) is 5.03. The van der Waals surface area contributed by atoms with Crippen molar-refractivity contribution < 1.29 is 23.8 Å². The summed E-state index contributed by atoms with van der Waals surface area (Å²) in [4.78, 5) is 25.4. The molecule has 7 nitrogen and oxygen atoms in total. The quantitative estimate of drug-likeness (QED) is 0.318. The molecule has 0 saturated carbocycles. The number of rotatable bonds is 6. The van der Waals surface area contributed by atoms with E-state index < -0.39 is 12.0 Å². The largest absolute Gasteiger partial charge is 0.497 e. The van der Waals surface area contributed by atoms with Crippen molar-refractivity contribution in [2.75, 3.05) is 24.4 Å². The van der Waals surface area contributed by atoms with Gasteiger partial charge < -0.3 is 24.8 Å². The highest BCUT2D eigenvalue weighted by atomic mass is 16.6. The van der Waals surface area contributed by atoms with Crippen molar-refractivity contribution in [3.63, 3.8) is 0 Å². The van der Waals surface area contributed by atoms with E-state index >= 15 is 0 Å². The Morgan fingerprint density at radius 1 is 0.946 bits per heavy atom. The number of carbonyl (C=O) groups is 2. The molecule has 0 saturated heterocycles. The maximum Gasteiger partial charge on any atom is 0.308 e. The Labute approximate surface area is 216 Å². The number of para-hydroxylation sites is 2. The minimum atomic E-state index is -0.420. The highest BCUT2D eigenvalue weighted by Gasteiger charge is 2.36. The summed E-state index contributed by atoms with van der Waals surface area (Å²) in [5.41, 5.74) is 5.39. The number of anilines is 2. The Kier molecular flexibility index (Phi) is 6.86. The van der Waals surface area contributed by atoms with E-state index in [1.54, 1.807) is 13.2 Å². The number of fused-ring (bicyclic) bond motifs is 1. The van der Waals surface area contributed by atoms with Gasteiger partial charge in [0.05, 0.1) is 31.1 Å². The number of allylic oxidation sites excluding steroid dienone is 1. The number of benzene rings is 3. The number of carbonyl (C=O) groups excluding carboxylic acids is 2. The molecular formula is C30H30N2O5. The van der Waals surface area contributed by atoms with Gasteiger partial charge in [-0.15, -0.1) is 0 Å². The van der Waals surface area contributed by atoms with Gasteiger partial charge in [-0.3, -0.25) is 9.59 Å². The second-order valence-corrected chi connectivity index (χ2v) is 9.17. The van der Waals surface area contributed by atoms with Crippen molar-refractivity contribution >= 4 is 23.1 Å². The average Bonchev–Trinajstić information content (AvgIpc) is 3.06. The summed E-state index contributed by atoms with van der Waals surface area (Å²) < 4.78 is 16.4. The zero-order valence-electron chi connectivity index (χ0n) is 21.2. The zero-order chi connectivity index (χ0) is 25.9. The Balaban J connectivity index is 1.57. The molecule has 0 unspecified atom stereocenters. The summed E-state index contributed by atoms with van der Waals surface area (Å²) in [6, 6.07) is 20.9. The van der Waals surface area contributed by atoms with Crippen LogP contribution in [0.1, 0.15) is 49.8 Å². The van der Waals surface area contributed by atoms with Crippen LogP contribution >= 0.6 is 0 Å². The predicted molar refractivity (Wildman–Crippen MR) is 142 cm³/mol. The van der Waals surface area contributed by atoms with Crippen LogP contribution in [0.15, 0.2) is 78.0 Å². The van der Waals surface area contributed by atoms with Crippen LogP contribution in [0.5, 0.6) is 17.2 Å². The third-order valence-corrected chi connectivity index (χ3v) is 6.75. The molecule has 2 atom stereocenters. The first kappa shape index (κ1) is 24.4. The molecule has 2 N–H and O–H groups in total. The van der Waals surface area contributed by atoms with Crippen molar-refractivity contribution in [2.24, 2.45) is 0 Å². The summed E-state index contributed by atoms with van der Waals surface area (Å²) in [5, 5.41) is 7.15. The summed E-state index contributed by atoms with van der Waals surface area (Å²) >= 11 is 0. The molecule has 1 heterocycles. The minimum absolute atomic E-state index is 0.0564. The second kappa shape index (κ2) is 10.4. The van der Waals surface area contributed by atoms with Crippen molar-refractivity contribution in [3.05, 3.63) is 89.1 Å². The third-order valence-electron chi connectivity index (χ3n) is 6.75. The number of nitrogens with one attached hydrogen (secondary N) is 2. The highest BCUT2D eigenvalue weighted by Crippen LogP contribution is 2.45. The van der Waals surface area contributed by atoms with Crippen molar-refractivity contribution in [1.29, 1.82) is 0 Å². The lowest BCUT2D eigenvalue weighted by Crippen LogP contribution is -2.27. The molecule has 7 heteroatoms. The van der Waals surface area contributed by atoms with Crippen molar-refractivity contribution in [1.82, 2.24) is 0 Å². The van der Waals surface area contributed by atoms with Gasteiger partial charge in [0.25, 0.3) is 0 Å². The molecule has 3 aromatic rings. The maximum absolute atomic E-state index is 13.8. The number of ether oxygens (including phenoxy) is 3. The highest BCUT2D eigenvalue weighted by molar-refractivity contribution is 6.01. The molecule has 0 fully saturated rings. The maximum atomic E-state index is 13.8. The number of hydrogen-bond acceptors (Lipinski definition) is 7. The fourth-order valence-corrected chi connectivity index (χ4v) is 5.07. The van der Waals surface area contributed by atoms with E-state index in [-0.39, 0.29) is 11.7 Å². The Bertz CT molecular complexity index is 1360. The molecule has 0 amide bonds. The lowest BCUT2D eigenvalue weighted by atomic mass is 9.78. The van der Waals surface area contributed by atoms with Crippen molar-refractivity contribution in [3.8, 4) is 17.2 Å². The summed E-state index contributed by atoms with van der Waals surface area (Å²) in [6.07, 6.45) is 1.11. The molecule has 0 bridgehead atoms. The fourth-order valence-electron chi connectivity index (χ4n) is 5.07. The van der Waals surface area contributed by atoms with Gasteiger partial charge in [0, 0.05) is 24.6 Å². The molecule has 190 valence electrons. The number of ketones is 1. The van der Waals surface area contributed by atoms with E-state index in [9.17, 15) is 9.59 Å². The zero-order valence-corrected chi connectivity index (χ0v) is 21.2. The molecule has 0 spiro atoms. The monoisotopic (exact) mass is 498 g/mol. The fraction of sp³-hybridized carbons (Fsp3) is 0.267. The Morgan fingerprint density at radius 3 is 2.38 bits per heavy atom. The smallest absolute Gasteiger partial charge is 0.308 e. The number of hydrogen-bond donors (Lipinski definition) is 2. The van der Waals surface area contributed by atoms with Gasteiger partial charge >= 0.3 is 5.97 Å². The lowest BCUT2D eigenvalue weighted by molar-refractivity contribution is -0.132. The van der Waals surface area contributed by atoms with Crippen molar-refractivity contribution in [2.45, 2.75) is 38.6 Å². The predicted octanol–water partition coefficient (Wildman–Crippen LogP) is 6.00. The van der Waals surface area contributed by atoms with Gasteiger partial charge in [-0.1, -0.05) is 30.3 Å². The Morgan fingerprint density at radius 2 is 1.68 bits per heavy atom. The number of esters is 1. The number of Topliss-reactive ketones (excluding diaryl/α,β-unsaturated/α-hetero) is 1.